The number of benzene rings is 1. The second-order valence-corrected chi connectivity index (χ2v) is 10.0. The fourth-order valence-electron chi connectivity index (χ4n) is 4.68. The van der Waals surface area contributed by atoms with Crippen LogP contribution in [-0.2, 0) is 4.79 Å². The minimum Gasteiger partial charge on any atom is -0.342 e. The van der Waals surface area contributed by atoms with Crippen molar-refractivity contribution in [3.8, 4) is 16.4 Å². The Morgan fingerprint density at radius 3 is 2.27 bits per heavy atom. The first-order valence-corrected chi connectivity index (χ1v) is 12.6. The molecule has 8 heteroatoms. The first-order chi connectivity index (χ1) is 16.1. The lowest BCUT2D eigenvalue weighted by Crippen LogP contribution is -2.46. The average Bonchev–Trinajstić information content (AvgIpc) is 3.55. The van der Waals surface area contributed by atoms with Crippen molar-refractivity contribution < 1.29 is 9.59 Å². The Labute approximate surface area is 198 Å². The highest BCUT2D eigenvalue weighted by atomic mass is 32.1. The fourth-order valence-corrected chi connectivity index (χ4v) is 5.37. The standard InChI is InChI=1S/C25H29N5O2S/c1-18-9-13-28(14-10-18)24(31)19-11-15-29(16-12-19)25(32)22-26-23(21-8-5-17-33-21)30(27-22)20-6-3-2-4-7-20/h2-8,17-19H,9-16H2,1H3. The molecule has 0 aliphatic carbocycles. The lowest BCUT2D eigenvalue weighted by molar-refractivity contribution is -0.138. The summed E-state index contributed by atoms with van der Waals surface area (Å²) >= 11 is 1.57. The Morgan fingerprint density at radius 2 is 1.61 bits per heavy atom. The number of thiophene rings is 1. The van der Waals surface area contributed by atoms with Gasteiger partial charge in [-0.05, 0) is 55.2 Å². The molecular formula is C25H29N5O2S. The molecule has 0 unspecified atom stereocenters. The first kappa shape index (κ1) is 21.8. The van der Waals surface area contributed by atoms with Crippen molar-refractivity contribution in [1.29, 1.82) is 0 Å². The van der Waals surface area contributed by atoms with Crippen LogP contribution >= 0.6 is 11.3 Å². The summed E-state index contributed by atoms with van der Waals surface area (Å²) in [5.74, 6) is 1.69. The number of amides is 2. The van der Waals surface area contributed by atoms with Crippen LogP contribution in [0.2, 0.25) is 0 Å². The topological polar surface area (TPSA) is 71.3 Å². The van der Waals surface area contributed by atoms with E-state index in [2.05, 4.69) is 17.0 Å². The number of likely N-dealkylation sites (tertiary alicyclic amines) is 2. The number of carbonyl (C=O) groups is 2. The third kappa shape index (κ3) is 4.57. The highest BCUT2D eigenvalue weighted by molar-refractivity contribution is 7.13. The molecule has 0 N–H and O–H groups in total. The number of rotatable bonds is 4. The molecule has 0 saturated carbocycles. The number of carbonyl (C=O) groups excluding carboxylic acids is 2. The quantitative estimate of drug-likeness (QED) is 0.584. The van der Waals surface area contributed by atoms with Gasteiger partial charge >= 0.3 is 0 Å². The monoisotopic (exact) mass is 463 g/mol. The molecule has 172 valence electrons. The Balaban J connectivity index is 1.29. The molecule has 3 aromatic rings. The van der Waals surface area contributed by atoms with E-state index in [1.165, 1.54) is 0 Å². The average molecular weight is 464 g/mol. The molecule has 4 heterocycles. The normalized spacial score (nSPS) is 18.0. The molecule has 0 bridgehead atoms. The van der Waals surface area contributed by atoms with Crippen molar-refractivity contribution in [3.63, 3.8) is 0 Å². The minimum absolute atomic E-state index is 0.0129. The Hall–Kier alpha value is -3.00. The number of hydrogen-bond acceptors (Lipinski definition) is 5. The van der Waals surface area contributed by atoms with Gasteiger partial charge in [-0.1, -0.05) is 31.2 Å². The van der Waals surface area contributed by atoms with Gasteiger partial charge in [-0.3, -0.25) is 9.59 Å². The van der Waals surface area contributed by atoms with Gasteiger partial charge in [0.25, 0.3) is 5.91 Å². The highest BCUT2D eigenvalue weighted by Gasteiger charge is 2.33. The van der Waals surface area contributed by atoms with E-state index in [9.17, 15) is 9.59 Å². The number of hydrogen-bond donors (Lipinski definition) is 0. The molecule has 0 radical (unpaired) electrons. The second-order valence-electron chi connectivity index (χ2n) is 9.06. The number of nitrogens with zero attached hydrogens (tertiary/aromatic N) is 5. The lowest BCUT2D eigenvalue weighted by Gasteiger charge is -2.36. The summed E-state index contributed by atoms with van der Waals surface area (Å²) in [6.45, 7) is 5.11. The molecule has 7 nitrogen and oxygen atoms in total. The van der Waals surface area contributed by atoms with Crippen molar-refractivity contribution >= 4 is 23.2 Å². The van der Waals surface area contributed by atoms with Crippen LogP contribution in [0.4, 0.5) is 0 Å². The molecule has 1 aromatic carbocycles. The van der Waals surface area contributed by atoms with Crippen LogP contribution in [-0.4, -0.2) is 62.6 Å². The van der Waals surface area contributed by atoms with Gasteiger partial charge in [0, 0.05) is 32.1 Å². The van der Waals surface area contributed by atoms with Crippen molar-refractivity contribution in [1.82, 2.24) is 24.6 Å². The Bertz CT molecular complexity index is 1100. The zero-order valence-corrected chi connectivity index (χ0v) is 19.7. The van der Waals surface area contributed by atoms with E-state index in [0.29, 0.717) is 37.7 Å². The lowest BCUT2D eigenvalue weighted by atomic mass is 9.92. The first-order valence-electron chi connectivity index (χ1n) is 11.7. The largest absolute Gasteiger partial charge is 0.342 e. The van der Waals surface area contributed by atoms with Crippen LogP contribution < -0.4 is 0 Å². The van der Waals surface area contributed by atoms with E-state index >= 15 is 0 Å². The second kappa shape index (κ2) is 9.47. The fraction of sp³-hybridized carbons (Fsp3) is 0.440. The molecular weight excluding hydrogens is 434 g/mol. The maximum absolute atomic E-state index is 13.3. The van der Waals surface area contributed by atoms with Gasteiger partial charge in [-0.25, -0.2) is 9.67 Å². The maximum atomic E-state index is 13.3. The van der Waals surface area contributed by atoms with E-state index in [4.69, 9.17) is 0 Å². The molecule has 0 spiro atoms. The van der Waals surface area contributed by atoms with Crippen LogP contribution in [0.5, 0.6) is 0 Å². The van der Waals surface area contributed by atoms with Crippen LogP contribution in [0.25, 0.3) is 16.4 Å². The van der Waals surface area contributed by atoms with Crippen LogP contribution in [0, 0.1) is 11.8 Å². The third-order valence-corrected chi connectivity index (χ3v) is 7.63. The molecule has 5 rings (SSSR count). The Kier molecular flexibility index (Phi) is 6.26. The van der Waals surface area contributed by atoms with Gasteiger partial charge in [-0.15, -0.1) is 16.4 Å². The molecule has 0 atom stereocenters. The van der Waals surface area contributed by atoms with Crippen molar-refractivity contribution in [2.24, 2.45) is 11.8 Å². The van der Waals surface area contributed by atoms with E-state index in [-0.39, 0.29) is 23.6 Å². The van der Waals surface area contributed by atoms with Crippen molar-refractivity contribution in [2.75, 3.05) is 26.2 Å². The summed E-state index contributed by atoms with van der Waals surface area (Å²) in [4.78, 5) is 35.6. The van der Waals surface area contributed by atoms with Gasteiger partial charge in [0.15, 0.2) is 5.82 Å². The molecule has 2 amide bonds. The SMILES string of the molecule is CC1CCN(C(=O)C2CCN(C(=O)c3nc(-c4cccs4)n(-c4ccccc4)n3)CC2)CC1. The summed E-state index contributed by atoms with van der Waals surface area (Å²) in [6.07, 6.45) is 3.58. The molecule has 2 aliphatic heterocycles. The predicted octanol–water partition coefficient (Wildman–Crippen LogP) is 4.11. The third-order valence-electron chi connectivity index (χ3n) is 6.77. The van der Waals surface area contributed by atoms with Gasteiger partial charge in [-0.2, -0.15) is 0 Å². The van der Waals surface area contributed by atoms with E-state index in [1.807, 2.05) is 52.7 Å². The zero-order chi connectivity index (χ0) is 22.8. The van der Waals surface area contributed by atoms with E-state index < -0.39 is 0 Å². The van der Waals surface area contributed by atoms with Gasteiger partial charge < -0.3 is 9.80 Å². The molecule has 2 saturated heterocycles. The van der Waals surface area contributed by atoms with Crippen LogP contribution in [0.15, 0.2) is 47.8 Å². The summed E-state index contributed by atoms with van der Waals surface area (Å²) in [6, 6.07) is 13.7. The maximum Gasteiger partial charge on any atom is 0.293 e. The smallest absolute Gasteiger partial charge is 0.293 e. The number of aromatic nitrogens is 3. The van der Waals surface area contributed by atoms with Crippen LogP contribution in [0.3, 0.4) is 0 Å². The molecule has 2 aromatic heterocycles. The minimum atomic E-state index is -0.166. The summed E-state index contributed by atoms with van der Waals surface area (Å²) < 4.78 is 1.74. The van der Waals surface area contributed by atoms with Gasteiger partial charge in [0.2, 0.25) is 11.7 Å². The summed E-state index contributed by atoms with van der Waals surface area (Å²) in [5, 5.41) is 6.58. The van der Waals surface area contributed by atoms with Gasteiger partial charge in [0.1, 0.15) is 0 Å². The van der Waals surface area contributed by atoms with Gasteiger partial charge in [0.05, 0.1) is 10.6 Å². The zero-order valence-electron chi connectivity index (χ0n) is 18.9. The molecule has 2 aliphatic rings. The van der Waals surface area contributed by atoms with Crippen molar-refractivity contribution in [3.05, 3.63) is 53.7 Å². The molecule has 33 heavy (non-hydrogen) atoms. The number of piperidine rings is 2. The van der Waals surface area contributed by atoms with Crippen molar-refractivity contribution in [2.45, 2.75) is 32.6 Å². The highest BCUT2D eigenvalue weighted by Crippen LogP contribution is 2.27. The summed E-state index contributed by atoms with van der Waals surface area (Å²) in [5.41, 5.74) is 0.868. The van der Waals surface area contributed by atoms with E-state index in [1.54, 1.807) is 20.9 Å². The van der Waals surface area contributed by atoms with Crippen LogP contribution in [0.1, 0.15) is 43.2 Å². The Morgan fingerprint density at radius 1 is 0.909 bits per heavy atom. The van der Waals surface area contributed by atoms with E-state index in [0.717, 1.165) is 36.5 Å². The summed E-state index contributed by atoms with van der Waals surface area (Å²) in [7, 11) is 0. The number of para-hydroxylation sites is 1. The molecule has 2 fully saturated rings. The predicted molar refractivity (Wildman–Crippen MR) is 128 cm³/mol.